The fourth-order valence-electron chi connectivity index (χ4n) is 1.16. The number of nitrogens with one attached hydrogen (secondary N) is 1. The first kappa shape index (κ1) is 13.1. The van der Waals surface area contributed by atoms with Crippen LogP contribution in [0.25, 0.3) is 0 Å². The number of amides is 1. The molecule has 0 spiro atoms. The van der Waals surface area contributed by atoms with Gasteiger partial charge in [0.25, 0.3) is 5.69 Å². The molecule has 0 heterocycles. The van der Waals surface area contributed by atoms with E-state index in [0.29, 0.717) is 10.9 Å². The summed E-state index contributed by atoms with van der Waals surface area (Å²) in [6.45, 7) is 0. The van der Waals surface area contributed by atoms with E-state index in [-0.39, 0.29) is 11.3 Å². The zero-order chi connectivity index (χ0) is 13.0. The number of esters is 1. The summed E-state index contributed by atoms with van der Waals surface area (Å²) in [6, 6.07) is 2.29. The number of carbonyl (C=O) groups excluding carboxylic acids is 2. The summed E-state index contributed by atoms with van der Waals surface area (Å²) in [5, 5.41) is 13.1. The molecule has 7 nitrogen and oxygen atoms in total. The van der Waals surface area contributed by atoms with Gasteiger partial charge in [-0.1, -0.05) is 0 Å². The van der Waals surface area contributed by atoms with Crippen molar-refractivity contribution >= 4 is 39.7 Å². The monoisotopic (exact) mass is 302 g/mol. The second-order valence-corrected chi connectivity index (χ2v) is 3.71. The standard InChI is InChI=1S/C9H7BrN2O5/c1-17-9(14)5-2-7(11-4-13)6(10)3-8(5)12(15)16/h2-4H,1H3,(H,11,13). The Balaban J connectivity index is 3.41. The summed E-state index contributed by atoms with van der Waals surface area (Å²) in [5.74, 6) is -0.849. The number of rotatable bonds is 4. The highest BCUT2D eigenvalue weighted by Gasteiger charge is 2.23. The van der Waals surface area contributed by atoms with Gasteiger partial charge >= 0.3 is 5.97 Å². The maximum Gasteiger partial charge on any atom is 0.344 e. The molecule has 0 aliphatic rings. The maximum atomic E-state index is 11.3. The van der Waals surface area contributed by atoms with Crippen molar-refractivity contribution in [3.8, 4) is 0 Å². The Bertz CT molecular complexity index is 489. The Morgan fingerprint density at radius 2 is 2.24 bits per heavy atom. The zero-order valence-corrected chi connectivity index (χ0v) is 10.2. The van der Waals surface area contributed by atoms with E-state index in [2.05, 4.69) is 26.0 Å². The molecule has 8 heteroatoms. The van der Waals surface area contributed by atoms with Gasteiger partial charge < -0.3 is 10.1 Å². The van der Waals surface area contributed by atoms with Crippen molar-refractivity contribution in [3.63, 3.8) is 0 Å². The number of methoxy groups -OCH3 is 1. The van der Waals surface area contributed by atoms with Crippen molar-refractivity contribution in [1.82, 2.24) is 0 Å². The molecule has 17 heavy (non-hydrogen) atoms. The van der Waals surface area contributed by atoms with Crippen molar-refractivity contribution < 1.29 is 19.2 Å². The van der Waals surface area contributed by atoms with E-state index in [9.17, 15) is 19.7 Å². The fraction of sp³-hybridized carbons (Fsp3) is 0.111. The molecule has 0 saturated carbocycles. The Morgan fingerprint density at radius 3 is 2.71 bits per heavy atom. The van der Waals surface area contributed by atoms with Gasteiger partial charge in [0.2, 0.25) is 6.41 Å². The SMILES string of the molecule is COC(=O)c1cc(NC=O)c(Br)cc1[N+](=O)[O-]. The van der Waals surface area contributed by atoms with Crippen LogP contribution in [0.2, 0.25) is 0 Å². The Kier molecular flexibility index (Phi) is 4.16. The molecule has 0 bridgehead atoms. The minimum Gasteiger partial charge on any atom is -0.465 e. The highest BCUT2D eigenvalue weighted by atomic mass is 79.9. The minimum absolute atomic E-state index is 0.231. The van der Waals surface area contributed by atoms with E-state index in [1.54, 1.807) is 0 Å². The molecule has 1 amide bonds. The predicted octanol–water partition coefficient (Wildman–Crippen LogP) is 1.71. The number of nitro benzene ring substituents is 1. The highest BCUT2D eigenvalue weighted by Crippen LogP contribution is 2.31. The number of anilines is 1. The smallest absolute Gasteiger partial charge is 0.344 e. The highest BCUT2D eigenvalue weighted by molar-refractivity contribution is 9.10. The van der Waals surface area contributed by atoms with Crippen molar-refractivity contribution in [2.24, 2.45) is 0 Å². The topological polar surface area (TPSA) is 98.5 Å². The Labute approximate surface area is 104 Å². The lowest BCUT2D eigenvalue weighted by molar-refractivity contribution is -0.385. The van der Waals surface area contributed by atoms with Gasteiger partial charge in [-0.3, -0.25) is 14.9 Å². The molecule has 1 aromatic carbocycles. The van der Waals surface area contributed by atoms with E-state index in [1.807, 2.05) is 0 Å². The third kappa shape index (κ3) is 2.78. The normalized spacial score (nSPS) is 9.53. The van der Waals surface area contributed by atoms with Crippen molar-refractivity contribution in [2.45, 2.75) is 0 Å². The van der Waals surface area contributed by atoms with Gasteiger partial charge in [-0.2, -0.15) is 0 Å². The second kappa shape index (κ2) is 5.39. The van der Waals surface area contributed by atoms with Gasteiger partial charge in [0.1, 0.15) is 5.56 Å². The van der Waals surface area contributed by atoms with Gasteiger partial charge in [0.05, 0.1) is 17.7 Å². The molecule has 0 radical (unpaired) electrons. The number of nitro groups is 1. The van der Waals surface area contributed by atoms with Crippen LogP contribution in [0.5, 0.6) is 0 Å². The number of benzene rings is 1. The van der Waals surface area contributed by atoms with Gasteiger partial charge in [-0.15, -0.1) is 0 Å². The van der Waals surface area contributed by atoms with Crippen LogP contribution < -0.4 is 5.32 Å². The largest absolute Gasteiger partial charge is 0.465 e. The maximum absolute atomic E-state index is 11.3. The average Bonchev–Trinajstić information content (AvgIpc) is 2.30. The van der Waals surface area contributed by atoms with Gasteiger partial charge in [-0.05, 0) is 22.0 Å². The van der Waals surface area contributed by atoms with E-state index >= 15 is 0 Å². The number of hydrogen-bond donors (Lipinski definition) is 1. The summed E-state index contributed by atoms with van der Waals surface area (Å²) in [4.78, 5) is 31.7. The molecule has 0 atom stereocenters. The van der Waals surface area contributed by atoms with Crippen LogP contribution in [0.4, 0.5) is 11.4 Å². The molecule has 0 fully saturated rings. The molecule has 0 aliphatic heterocycles. The van der Waals surface area contributed by atoms with Crippen molar-refractivity contribution in [2.75, 3.05) is 12.4 Å². The molecule has 1 N–H and O–H groups in total. The first-order valence-electron chi connectivity index (χ1n) is 4.27. The number of ether oxygens (including phenoxy) is 1. The van der Waals surface area contributed by atoms with Gasteiger partial charge in [0, 0.05) is 10.5 Å². The lowest BCUT2D eigenvalue weighted by Gasteiger charge is -2.06. The van der Waals surface area contributed by atoms with Crippen LogP contribution in [0.1, 0.15) is 10.4 Å². The first-order valence-corrected chi connectivity index (χ1v) is 5.07. The summed E-state index contributed by atoms with van der Waals surface area (Å²) < 4.78 is 4.72. The lowest BCUT2D eigenvalue weighted by Crippen LogP contribution is -2.07. The average molecular weight is 303 g/mol. The molecule has 0 aromatic heterocycles. The van der Waals surface area contributed by atoms with Crippen molar-refractivity contribution in [3.05, 3.63) is 32.3 Å². The third-order valence-electron chi connectivity index (χ3n) is 1.90. The summed E-state index contributed by atoms with van der Waals surface area (Å²) in [6.07, 6.45) is 0.396. The minimum atomic E-state index is -0.849. The van der Waals surface area contributed by atoms with Crippen LogP contribution >= 0.6 is 15.9 Å². The molecular weight excluding hydrogens is 296 g/mol. The fourth-order valence-corrected chi connectivity index (χ4v) is 1.61. The van der Waals surface area contributed by atoms with E-state index in [0.717, 1.165) is 13.2 Å². The predicted molar refractivity (Wildman–Crippen MR) is 61.8 cm³/mol. The molecule has 0 saturated heterocycles. The molecule has 1 aromatic rings. The van der Waals surface area contributed by atoms with E-state index in [1.165, 1.54) is 6.07 Å². The third-order valence-corrected chi connectivity index (χ3v) is 2.56. The molecule has 0 aliphatic carbocycles. The van der Waals surface area contributed by atoms with E-state index < -0.39 is 16.6 Å². The lowest BCUT2D eigenvalue weighted by atomic mass is 10.1. The molecule has 1 rings (SSSR count). The zero-order valence-electron chi connectivity index (χ0n) is 8.60. The molecule has 90 valence electrons. The number of nitrogens with zero attached hydrogens (tertiary/aromatic N) is 1. The summed E-state index contributed by atoms with van der Waals surface area (Å²) >= 11 is 3.04. The first-order chi connectivity index (χ1) is 8.01. The Morgan fingerprint density at radius 1 is 1.59 bits per heavy atom. The van der Waals surface area contributed by atoms with Crippen LogP contribution in [0.3, 0.4) is 0 Å². The summed E-state index contributed by atoms with van der Waals surface area (Å²) in [5.41, 5.74) is -0.392. The van der Waals surface area contributed by atoms with Crippen LogP contribution in [-0.4, -0.2) is 24.4 Å². The second-order valence-electron chi connectivity index (χ2n) is 2.86. The Hall–Kier alpha value is -1.96. The molecular formula is C9H7BrN2O5. The van der Waals surface area contributed by atoms with Gasteiger partial charge in [0.15, 0.2) is 0 Å². The number of carbonyl (C=O) groups is 2. The van der Waals surface area contributed by atoms with Crippen LogP contribution in [-0.2, 0) is 9.53 Å². The number of hydrogen-bond acceptors (Lipinski definition) is 5. The van der Waals surface area contributed by atoms with Crippen molar-refractivity contribution in [1.29, 1.82) is 0 Å². The quantitative estimate of drug-likeness (QED) is 0.395. The summed E-state index contributed by atoms with van der Waals surface area (Å²) in [7, 11) is 1.11. The van der Waals surface area contributed by atoms with E-state index in [4.69, 9.17) is 0 Å². The van der Waals surface area contributed by atoms with Crippen LogP contribution in [0, 0.1) is 10.1 Å². The van der Waals surface area contributed by atoms with Crippen LogP contribution in [0.15, 0.2) is 16.6 Å². The number of halogens is 1. The van der Waals surface area contributed by atoms with Gasteiger partial charge in [-0.25, -0.2) is 4.79 Å². The molecule has 0 unspecified atom stereocenters.